The van der Waals surface area contributed by atoms with Crippen LogP contribution in [0.1, 0.15) is 42.4 Å². The first-order valence-electron chi connectivity index (χ1n) is 9.55. The monoisotopic (exact) mass is 368 g/mol. The number of nitrogens with two attached hydrogens (primary N) is 1. The summed E-state index contributed by atoms with van der Waals surface area (Å²) in [6, 6.07) is 0. The van der Waals surface area contributed by atoms with Gasteiger partial charge in [0.25, 0.3) is 0 Å². The molecule has 0 aliphatic rings. The molecular weight excluding hydrogens is 340 g/mol. The molecule has 0 amide bonds. The van der Waals surface area contributed by atoms with Crippen LogP contribution in [0, 0.1) is 13.8 Å². The Morgan fingerprint density at radius 3 is 2.59 bits per heavy atom. The van der Waals surface area contributed by atoms with Crippen LogP contribution in [0.4, 0.5) is 5.82 Å². The number of nitrogens with zero attached hydrogens (tertiary/aromatic N) is 5. The molecule has 0 aromatic carbocycles. The quantitative estimate of drug-likeness (QED) is 0.584. The molecule has 3 aromatic rings. The molecule has 0 aliphatic carbocycles. The largest absolute Gasteiger partial charge is 0.382 e. The van der Waals surface area contributed by atoms with Crippen molar-refractivity contribution in [2.24, 2.45) is 0 Å². The summed E-state index contributed by atoms with van der Waals surface area (Å²) in [5.41, 5.74) is 11.3. The summed E-state index contributed by atoms with van der Waals surface area (Å²) in [4.78, 5) is 17.3. The summed E-state index contributed by atoms with van der Waals surface area (Å²) >= 11 is 0. The van der Waals surface area contributed by atoms with Crippen LogP contribution in [0.3, 0.4) is 0 Å². The molecule has 27 heavy (non-hydrogen) atoms. The lowest BCUT2D eigenvalue weighted by atomic mass is 10.2. The molecule has 144 valence electrons. The van der Waals surface area contributed by atoms with Crippen LogP contribution in [0.5, 0.6) is 0 Å². The van der Waals surface area contributed by atoms with Crippen molar-refractivity contribution in [2.75, 3.05) is 18.9 Å². The van der Waals surface area contributed by atoms with Crippen LogP contribution in [0.2, 0.25) is 0 Å². The van der Waals surface area contributed by atoms with E-state index in [1.165, 1.54) is 0 Å². The van der Waals surface area contributed by atoms with Crippen LogP contribution in [-0.4, -0.2) is 37.7 Å². The fourth-order valence-electron chi connectivity index (χ4n) is 3.30. The molecule has 0 unspecified atom stereocenters. The van der Waals surface area contributed by atoms with Crippen molar-refractivity contribution in [3.05, 3.63) is 41.4 Å². The second-order valence-corrected chi connectivity index (χ2v) is 6.80. The Kier molecular flexibility index (Phi) is 6.34. The highest BCUT2D eigenvalue weighted by atomic mass is 16.5. The number of nitrogen functional groups attached to an aromatic ring is 1. The summed E-state index contributed by atoms with van der Waals surface area (Å²) in [5.74, 6) is 1.56. The van der Waals surface area contributed by atoms with Gasteiger partial charge in [0.15, 0.2) is 5.82 Å². The minimum atomic E-state index is 0.509. The summed E-state index contributed by atoms with van der Waals surface area (Å²) in [6.07, 6.45) is 9.09. The molecule has 3 heterocycles. The average molecular weight is 368 g/mol. The zero-order chi connectivity index (χ0) is 19.2. The summed E-state index contributed by atoms with van der Waals surface area (Å²) in [7, 11) is 0. The Balaban J connectivity index is 1.64. The van der Waals surface area contributed by atoms with Gasteiger partial charge in [0.2, 0.25) is 0 Å². The first kappa shape index (κ1) is 19.2. The van der Waals surface area contributed by atoms with E-state index in [-0.39, 0.29) is 0 Å². The molecule has 0 bridgehead atoms. The van der Waals surface area contributed by atoms with E-state index in [9.17, 15) is 0 Å². The standard InChI is InChI=1S/C20H28N6O/c1-4-6-17-25-18-19(14(2)15(3)24-20(18)21)26(17)8-10-27-9-5-7-16-11-22-13-23-12-16/h11-13H,4-10H2,1-3H3,(H2,21,24). The smallest absolute Gasteiger partial charge is 0.151 e. The van der Waals surface area contributed by atoms with Crippen molar-refractivity contribution in [1.29, 1.82) is 0 Å². The molecule has 0 atom stereocenters. The molecule has 7 nitrogen and oxygen atoms in total. The topological polar surface area (TPSA) is 91.7 Å². The molecule has 0 radical (unpaired) electrons. The first-order chi connectivity index (χ1) is 13.1. The van der Waals surface area contributed by atoms with Crippen LogP contribution < -0.4 is 5.73 Å². The molecule has 0 saturated heterocycles. The highest BCUT2D eigenvalue weighted by molar-refractivity contribution is 5.88. The third kappa shape index (κ3) is 4.42. The molecule has 3 rings (SSSR count). The van der Waals surface area contributed by atoms with Crippen molar-refractivity contribution < 1.29 is 4.74 Å². The maximum atomic E-state index is 6.13. The number of pyridine rings is 1. The van der Waals surface area contributed by atoms with E-state index in [1.54, 1.807) is 6.33 Å². The highest BCUT2D eigenvalue weighted by Crippen LogP contribution is 2.26. The fraction of sp³-hybridized carbons (Fsp3) is 0.500. The van der Waals surface area contributed by atoms with Gasteiger partial charge in [-0.05, 0) is 44.2 Å². The van der Waals surface area contributed by atoms with Gasteiger partial charge in [-0.3, -0.25) is 0 Å². The minimum absolute atomic E-state index is 0.509. The molecule has 0 aliphatic heterocycles. The number of imidazole rings is 1. The second kappa shape index (κ2) is 8.90. The van der Waals surface area contributed by atoms with E-state index in [2.05, 4.69) is 33.4 Å². The summed E-state index contributed by atoms with van der Waals surface area (Å²) in [6.45, 7) is 8.37. The lowest BCUT2D eigenvalue weighted by Crippen LogP contribution is -2.11. The van der Waals surface area contributed by atoms with E-state index in [4.69, 9.17) is 15.5 Å². The number of ether oxygens (including phenoxy) is 1. The predicted octanol–water partition coefficient (Wildman–Crippen LogP) is 3.02. The van der Waals surface area contributed by atoms with Gasteiger partial charge < -0.3 is 15.0 Å². The lowest BCUT2D eigenvalue weighted by Gasteiger charge is -2.12. The number of anilines is 1. The number of hydrogen-bond donors (Lipinski definition) is 1. The molecule has 2 N–H and O–H groups in total. The van der Waals surface area contributed by atoms with Crippen LogP contribution in [-0.2, 0) is 24.1 Å². The van der Waals surface area contributed by atoms with Gasteiger partial charge in [-0.15, -0.1) is 0 Å². The van der Waals surface area contributed by atoms with Crippen molar-refractivity contribution in [3.8, 4) is 0 Å². The van der Waals surface area contributed by atoms with Crippen LogP contribution in [0.25, 0.3) is 11.0 Å². The van der Waals surface area contributed by atoms with Crippen LogP contribution in [0.15, 0.2) is 18.7 Å². The molecule has 0 spiro atoms. The minimum Gasteiger partial charge on any atom is -0.382 e. The van der Waals surface area contributed by atoms with E-state index in [0.29, 0.717) is 19.0 Å². The first-order valence-corrected chi connectivity index (χ1v) is 9.55. The predicted molar refractivity (Wildman–Crippen MR) is 107 cm³/mol. The van der Waals surface area contributed by atoms with Crippen molar-refractivity contribution in [3.63, 3.8) is 0 Å². The summed E-state index contributed by atoms with van der Waals surface area (Å²) < 4.78 is 8.13. The van der Waals surface area contributed by atoms with Gasteiger partial charge in [-0.2, -0.15) is 0 Å². The Bertz CT molecular complexity index is 891. The molecule has 3 aromatic heterocycles. The third-order valence-corrected chi connectivity index (χ3v) is 4.78. The maximum absolute atomic E-state index is 6.13. The average Bonchev–Trinajstić information content (AvgIpc) is 3.03. The Hall–Kier alpha value is -2.54. The molecule has 7 heteroatoms. The van der Waals surface area contributed by atoms with Crippen molar-refractivity contribution in [2.45, 2.75) is 53.0 Å². The van der Waals surface area contributed by atoms with E-state index < -0.39 is 0 Å². The number of aryl methyl sites for hydroxylation is 4. The van der Waals surface area contributed by atoms with Gasteiger partial charge in [-0.25, -0.2) is 19.9 Å². The third-order valence-electron chi connectivity index (χ3n) is 4.78. The SMILES string of the molecule is CCCc1nc2c(N)nc(C)c(C)c2n1CCOCCCc1cncnc1. The molecule has 0 saturated carbocycles. The normalized spacial score (nSPS) is 11.4. The lowest BCUT2D eigenvalue weighted by molar-refractivity contribution is 0.124. The van der Waals surface area contributed by atoms with E-state index in [0.717, 1.165) is 65.9 Å². The summed E-state index contributed by atoms with van der Waals surface area (Å²) in [5, 5.41) is 0. The number of hydrogen-bond acceptors (Lipinski definition) is 6. The van der Waals surface area contributed by atoms with Crippen LogP contribution >= 0.6 is 0 Å². The van der Waals surface area contributed by atoms with Gasteiger partial charge in [0.1, 0.15) is 17.7 Å². The van der Waals surface area contributed by atoms with Crippen molar-refractivity contribution in [1.82, 2.24) is 24.5 Å². The maximum Gasteiger partial charge on any atom is 0.151 e. The van der Waals surface area contributed by atoms with E-state index >= 15 is 0 Å². The van der Waals surface area contributed by atoms with Gasteiger partial charge in [0.05, 0.1) is 12.1 Å². The fourth-order valence-corrected chi connectivity index (χ4v) is 3.30. The number of rotatable bonds is 9. The second-order valence-electron chi connectivity index (χ2n) is 6.80. The molecule has 0 fully saturated rings. The Morgan fingerprint density at radius 2 is 1.85 bits per heavy atom. The Morgan fingerprint density at radius 1 is 1.07 bits per heavy atom. The zero-order valence-corrected chi connectivity index (χ0v) is 16.4. The van der Waals surface area contributed by atoms with Gasteiger partial charge >= 0.3 is 0 Å². The van der Waals surface area contributed by atoms with Gasteiger partial charge in [-0.1, -0.05) is 6.92 Å². The molecular formula is C20H28N6O. The Labute approximate surface area is 160 Å². The number of aromatic nitrogens is 5. The number of fused-ring (bicyclic) bond motifs is 1. The van der Waals surface area contributed by atoms with Gasteiger partial charge in [0, 0.05) is 37.7 Å². The van der Waals surface area contributed by atoms with E-state index in [1.807, 2.05) is 19.3 Å². The zero-order valence-electron chi connectivity index (χ0n) is 16.4. The highest BCUT2D eigenvalue weighted by Gasteiger charge is 2.17. The van der Waals surface area contributed by atoms with Crippen molar-refractivity contribution >= 4 is 16.9 Å².